The molecular formula is C37H43N5O4. The first kappa shape index (κ1) is 32.6. The maximum atomic E-state index is 12.9. The molecule has 0 saturated heterocycles. The van der Waals surface area contributed by atoms with Gasteiger partial charge in [-0.25, -0.2) is 9.78 Å². The minimum Gasteiger partial charge on any atom is -0.467 e. The Balaban J connectivity index is 1.26. The highest BCUT2D eigenvalue weighted by Crippen LogP contribution is 2.31. The SMILES string of the molecule is COC(=O)C(CC(C)C)NC(=O)c1ccc(-c2ccc(NC(Cc3cncn3Cc3ccc(C#N)cc3)C3CCCCC3)cc2)o1. The summed E-state index contributed by atoms with van der Waals surface area (Å²) in [7, 11) is 1.32. The fourth-order valence-electron chi connectivity index (χ4n) is 6.26. The van der Waals surface area contributed by atoms with Gasteiger partial charge >= 0.3 is 5.97 Å². The molecule has 5 rings (SSSR count). The van der Waals surface area contributed by atoms with Crippen LogP contribution in [0.2, 0.25) is 0 Å². The number of amides is 1. The highest BCUT2D eigenvalue weighted by atomic mass is 16.5. The number of benzene rings is 2. The van der Waals surface area contributed by atoms with Crippen molar-refractivity contribution in [3.8, 4) is 17.4 Å². The number of imidazole rings is 1. The number of esters is 1. The van der Waals surface area contributed by atoms with Crippen LogP contribution in [-0.4, -0.2) is 40.6 Å². The second-order valence-corrected chi connectivity index (χ2v) is 12.6. The second kappa shape index (κ2) is 15.4. The summed E-state index contributed by atoms with van der Waals surface area (Å²) in [6.45, 7) is 4.67. The van der Waals surface area contributed by atoms with E-state index in [-0.39, 0.29) is 17.7 Å². The Bertz CT molecular complexity index is 1630. The molecule has 2 heterocycles. The number of nitriles is 1. The van der Waals surface area contributed by atoms with Gasteiger partial charge in [0.1, 0.15) is 11.8 Å². The number of aromatic nitrogens is 2. The highest BCUT2D eigenvalue weighted by Gasteiger charge is 2.26. The normalized spacial score (nSPS) is 14.8. The third kappa shape index (κ3) is 8.45. The first-order chi connectivity index (χ1) is 22.3. The number of carbonyl (C=O) groups excluding carboxylic acids is 2. The van der Waals surface area contributed by atoms with Gasteiger partial charge in [-0.05, 0) is 85.2 Å². The van der Waals surface area contributed by atoms with E-state index in [1.54, 1.807) is 12.1 Å². The largest absolute Gasteiger partial charge is 0.467 e. The van der Waals surface area contributed by atoms with Crippen LogP contribution in [0.1, 0.15) is 79.7 Å². The number of carbonyl (C=O) groups is 2. The molecule has 2 N–H and O–H groups in total. The van der Waals surface area contributed by atoms with Crippen molar-refractivity contribution < 1.29 is 18.7 Å². The highest BCUT2D eigenvalue weighted by molar-refractivity contribution is 5.95. The summed E-state index contributed by atoms with van der Waals surface area (Å²) < 4.78 is 13.0. The Hall–Kier alpha value is -4.84. The van der Waals surface area contributed by atoms with Crippen LogP contribution >= 0.6 is 0 Å². The molecule has 0 aliphatic heterocycles. The molecule has 9 nitrogen and oxygen atoms in total. The van der Waals surface area contributed by atoms with Gasteiger partial charge in [-0.1, -0.05) is 45.2 Å². The molecule has 0 spiro atoms. The molecule has 9 heteroatoms. The van der Waals surface area contributed by atoms with Crippen LogP contribution in [0.25, 0.3) is 11.3 Å². The maximum Gasteiger partial charge on any atom is 0.328 e. The summed E-state index contributed by atoms with van der Waals surface area (Å²) in [6, 6.07) is 20.9. The van der Waals surface area contributed by atoms with Gasteiger partial charge in [0.25, 0.3) is 5.91 Å². The average Bonchev–Trinajstić information content (AvgIpc) is 3.75. The van der Waals surface area contributed by atoms with Crippen molar-refractivity contribution >= 4 is 17.6 Å². The lowest BCUT2D eigenvalue weighted by Crippen LogP contribution is -2.42. The lowest BCUT2D eigenvalue weighted by molar-refractivity contribution is -0.143. The van der Waals surface area contributed by atoms with E-state index in [2.05, 4.69) is 38.4 Å². The van der Waals surface area contributed by atoms with E-state index in [1.165, 1.54) is 44.9 Å². The number of hydrogen-bond acceptors (Lipinski definition) is 7. The summed E-state index contributed by atoms with van der Waals surface area (Å²) in [5.41, 5.74) is 4.84. The first-order valence-corrected chi connectivity index (χ1v) is 16.2. The van der Waals surface area contributed by atoms with E-state index in [1.807, 2.05) is 62.8 Å². The van der Waals surface area contributed by atoms with Crippen molar-refractivity contribution in [1.82, 2.24) is 14.9 Å². The van der Waals surface area contributed by atoms with Crippen LogP contribution in [0.3, 0.4) is 0 Å². The molecule has 1 amide bonds. The van der Waals surface area contributed by atoms with Gasteiger partial charge in [0, 0.05) is 42.1 Å². The molecule has 2 atom stereocenters. The van der Waals surface area contributed by atoms with Crippen molar-refractivity contribution in [2.45, 2.75) is 77.4 Å². The van der Waals surface area contributed by atoms with Crippen LogP contribution in [0.4, 0.5) is 5.69 Å². The molecule has 240 valence electrons. The van der Waals surface area contributed by atoms with Crippen LogP contribution in [0.15, 0.2) is 77.6 Å². The van der Waals surface area contributed by atoms with E-state index in [9.17, 15) is 9.59 Å². The maximum absolute atomic E-state index is 12.9. The van der Waals surface area contributed by atoms with Crippen molar-refractivity contribution in [2.75, 3.05) is 12.4 Å². The van der Waals surface area contributed by atoms with E-state index in [4.69, 9.17) is 14.4 Å². The molecule has 1 aliphatic carbocycles. The Morgan fingerprint density at radius 3 is 2.46 bits per heavy atom. The van der Waals surface area contributed by atoms with Crippen molar-refractivity contribution in [3.05, 3.63) is 95.8 Å². The number of methoxy groups -OCH3 is 1. The van der Waals surface area contributed by atoms with Gasteiger partial charge in [-0.15, -0.1) is 0 Å². The predicted molar refractivity (Wildman–Crippen MR) is 177 cm³/mol. The number of anilines is 1. The van der Waals surface area contributed by atoms with Crippen LogP contribution < -0.4 is 10.6 Å². The number of nitrogens with zero attached hydrogens (tertiary/aromatic N) is 3. The van der Waals surface area contributed by atoms with Gasteiger partial charge in [0.05, 0.1) is 25.1 Å². The van der Waals surface area contributed by atoms with Crippen LogP contribution in [0.5, 0.6) is 0 Å². The quantitative estimate of drug-likeness (QED) is 0.154. The molecule has 4 aromatic rings. The number of ether oxygens (including phenoxy) is 1. The van der Waals surface area contributed by atoms with Gasteiger partial charge < -0.3 is 24.4 Å². The lowest BCUT2D eigenvalue weighted by atomic mass is 9.82. The topological polar surface area (TPSA) is 122 Å². The van der Waals surface area contributed by atoms with Gasteiger partial charge in [0.2, 0.25) is 0 Å². The third-order valence-electron chi connectivity index (χ3n) is 8.73. The Morgan fingerprint density at radius 2 is 1.78 bits per heavy atom. The van der Waals surface area contributed by atoms with E-state index in [0.717, 1.165) is 23.2 Å². The molecule has 1 saturated carbocycles. The lowest BCUT2D eigenvalue weighted by Gasteiger charge is -2.32. The predicted octanol–water partition coefficient (Wildman–Crippen LogP) is 6.98. The molecule has 2 unspecified atom stereocenters. The van der Waals surface area contributed by atoms with Gasteiger partial charge in [0.15, 0.2) is 5.76 Å². The van der Waals surface area contributed by atoms with Crippen LogP contribution in [-0.2, 0) is 22.5 Å². The number of hydrogen-bond donors (Lipinski definition) is 2. The summed E-state index contributed by atoms with van der Waals surface area (Å²) in [5.74, 6) is 0.559. The summed E-state index contributed by atoms with van der Waals surface area (Å²) in [4.78, 5) is 29.5. The minimum atomic E-state index is -0.733. The zero-order chi connectivity index (χ0) is 32.5. The minimum absolute atomic E-state index is 0.143. The smallest absolute Gasteiger partial charge is 0.328 e. The van der Waals surface area contributed by atoms with E-state index >= 15 is 0 Å². The monoisotopic (exact) mass is 621 g/mol. The first-order valence-electron chi connectivity index (χ1n) is 16.2. The molecule has 2 aromatic carbocycles. The van der Waals surface area contributed by atoms with Crippen LogP contribution in [0, 0.1) is 23.2 Å². The Morgan fingerprint density at radius 1 is 1.04 bits per heavy atom. The summed E-state index contributed by atoms with van der Waals surface area (Å²) >= 11 is 0. The molecule has 0 radical (unpaired) electrons. The molecule has 1 aliphatic rings. The van der Waals surface area contributed by atoms with Crippen molar-refractivity contribution in [1.29, 1.82) is 5.26 Å². The molecular weight excluding hydrogens is 578 g/mol. The van der Waals surface area contributed by atoms with Gasteiger partial charge in [-0.3, -0.25) is 4.79 Å². The number of furan rings is 1. The molecule has 2 aromatic heterocycles. The molecule has 0 bridgehead atoms. The fraction of sp³-hybridized carbons (Fsp3) is 0.405. The summed E-state index contributed by atoms with van der Waals surface area (Å²) in [6.07, 6.45) is 11.4. The summed E-state index contributed by atoms with van der Waals surface area (Å²) in [5, 5.41) is 15.7. The molecule has 46 heavy (non-hydrogen) atoms. The molecule has 1 fully saturated rings. The Kier molecular flexibility index (Phi) is 10.9. The van der Waals surface area contributed by atoms with E-state index in [0.29, 0.717) is 30.2 Å². The van der Waals surface area contributed by atoms with Crippen molar-refractivity contribution in [3.63, 3.8) is 0 Å². The number of rotatable bonds is 13. The third-order valence-corrected chi connectivity index (χ3v) is 8.73. The zero-order valence-electron chi connectivity index (χ0n) is 26.9. The average molecular weight is 622 g/mol. The second-order valence-electron chi connectivity index (χ2n) is 12.6. The fourth-order valence-corrected chi connectivity index (χ4v) is 6.26. The van der Waals surface area contributed by atoms with Gasteiger partial charge in [-0.2, -0.15) is 5.26 Å². The Labute approximate surface area is 271 Å². The van der Waals surface area contributed by atoms with Crippen molar-refractivity contribution in [2.24, 2.45) is 11.8 Å². The number of nitrogens with one attached hydrogen (secondary N) is 2. The standard InChI is InChI=1S/C37H43N5O4/c1-25(2)19-33(37(44)45-3)41-36(43)35-18-17-34(46-35)29-13-15-30(16-14-29)40-32(28-7-5-4-6-8-28)20-31-22-39-24-42(31)23-27-11-9-26(21-38)10-12-27/h9-18,22,24-25,28,32-33,40H,4-8,19-20,23H2,1-3H3,(H,41,43). The van der Waals surface area contributed by atoms with E-state index < -0.39 is 17.9 Å². The zero-order valence-corrected chi connectivity index (χ0v) is 26.9.